The van der Waals surface area contributed by atoms with Gasteiger partial charge in [0, 0.05) is 30.1 Å². The van der Waals surface area contributed by atoms with Gasteiger partial charge in [0.2, 0.25) is 0 Å². The Balaban J connectivity index is 1.72. The van der Waals surface area contributed by atoms with Crippen LogP contribution >= 0.6 is 0 Å². The number of nitrogens with zero attached hydrogens (tertiary/aromatic N) is 1. The first kappa shape index (κ1) is 10.4. The third-order valence-corrected chi connectivity index (χ3v) is 2.99. The summed E-state index contributed by atoms with van der Waals surface area (Å²) in [5.74, 6) is 0.988. The van der Waals surface area contributed by atoms with E-state index < -0.39 is 0 Å². The van der Waals surface area contributed by atoms with Crippen LogP contribution in [-0.4, -0.2) is 11.8 Å². The number of benzene rings is 1. The average molecular weight is 230 g/mol. The molecular weight excluding hydrogens is 216 g/mol. The summed E-state index contributed by atoms with van der Waals surface area (Å²) in [6.45, 7) is 1.53. The summed E-state index contributed by atoms with van der Waals surface area (Å²) in [5, 5.41) is 7.19. The highest BCUT2D eigenvalue weighted by Gasteiger charge is 2.20. The highest BCUT2D eigenvalue weighted by molar-refractivity contribution is 5.37. The van der Waals surface area contributed by atoms with Crippen molar-refractivity contribution in [2.75, 3.05) is 6.61 Å². The molecule has 0 saturated heterocycles. The quantitative estimate of drug-likeness (QED) is 0.878. The molecule has 0 bridgehead atoms. The molecule has 3 rings (SSSR count). The third-order valence-electron chi connectivity index (χ3n) is 2.99. The molecule has 0 saturated carbocycles. The van der Waals surface area contributed by atoms with Gasteiger partial charge in [-0.2, -0.15) is 0 Å². The number of hydrogen-bond acceptors (Lipinski definition) is 4. The minimum Gasteiger partial charge on any atom is -0.493 e. The van der Waals surface area contributed by atoms with Gasteiger partial charge in [0.25, 0.3) is 0 Å². The van der Waals surface area contributed by atoms with Crippen molar-refractivity contribution in [1.29, 1.82) is 0 Å². The fourth-order valence-corrected chi connectivity index (χ4v) is 2.11. The molecule has 0 spiro atoms. The second-order valence-corrected chi connectivity index (χ2v) is 4.14. The zero-order valence-electron chi connectivity index (χ0n) is 9.43. The van der Waals surface area contributed by atoms with E-state index in [9.17, 15) is 0 Å². The maximum absolute atomic E-state index is 5.62. The minimum absolute atomic E-state index is 0.342. The molecular formula is C13H14N2O2. The van der Waals surface area contributed by atoms with Gasteiger partial charge in [-0.05, 0) is 6.07 Å². The molecule has 4 heteroatoms. The second kappa shape index (κ2) is 4.59. The van der Waals surface area contributed by atoms with E-state index in [1.54, 1.807) is 12.5 Å². The first-order valence-electron chi connectivity index (χ1n) is 5.77. The number of para-hydroxylation sites is 1. The molecule has 2 heterocycles. The highest BCUT2D eigenvalue weighted by Crippen LogP contribution is 2.31. The maximum atomic E-state index is 5.62. The predicted octanol–water partition coefficient (Wildman–Crippen LogP) is 2.29. The summed E-state index contributed by atoms with van der Waals surface area (Å²) >= 11 is 0. The van der Waals surface area contributed by atoms with Crippen LogP contribution in [0.15, 0.2) is 41.2 Å². The van der Waals surface area contributed by atoms with Crippen LogP contribution in [0.1, 0.15) is 23.6 Å². The molecule has 2 aromatic rings. The fourth-order valence-electron chi connectivity index (χ4n) is 2.11. The molecule has 17 heavy (non-hydrogen) atoms. The van der Waals surface area contributed by atoms with Gasteiger partial charge in [-0.15, -0.1) is 0 Å². The Bertz CT molecular complexity index is 482. The van der Waals surface area contributed by atoms with Crippen molar-refractivity contribution in [3.8, 4) is 5.75 Å². The van der Waals surface area contributed by atoms with E-state index in [1.165, 1.54) is 5.56 Å². The number of rotatable bonds is 3. The van der Waals surface area contributed by atoms with Gasteiger partial charge < -0.3 is 14.6 Å². The van der Waals surface area contributed by atoms with Gasteiger partial charge in [0.05, 0.1) is 12.8 Å². The van der Waals surface area contributed by atoms with E-state index in [2.05, 4.69) is 16.5 Å². The van der Waals surface area contributed by atoms with Crippen LogP contribution in [0.5, 0.6) is 5.75 Å². The molecule has 1 aromatic carbocycles. The fraction of sp³-hybridized carbons (Fsp3) is 0.308. The topological polar surface area (TPSA) is 47.3 Å². The molecule has 0 aliphatic carbocycles. The molecule has 1 aliphatic rings. The van der Waals surface area contributed by atoms with E-state index in [1.807, 2.05) is 18.2 Å². The van der Waals surface area contributed by atoms with E-state index in [0.717, 1.165) is 30.9 Å². The minimum atomic E-state index is 0.342. The van der Waals surface area contributed by atoms with Crippen LogP contribution in [0.25, 0.3) is 0 Å². The molecule has 0 radical (unpaired) electrons. The normalized spacial score (nSPS) is 18.5. The summed E-state index contributed by atoms with van der Waals surface area (Å²) in [4.78, 5) is 0. The SMILES string of the molecule is c1ccc2c(c1)OCCC2NCc1cnoc1. The molecule has 1 aliphatic heterocycles. The lowest BCUT2D eigenvalue weighted by Crippen LogP contribution is -2.26. The first-order chi connectivity index (χ1) is 8.43. The lowest BCUT2D eigenvalue weighted by atomic mass is 10.0. The van der Waals surface area contributed by atoms with E-state index >= 15 is 0 Å². The van der Waals surface area contributed by atoms with Crippen molar-refractivity contribution < 1.29 is 9.26 Å². The van der Waals surface area contributed by atoms with Gasteiger partial charge in [0.15, 0.2) is 0 Å². The highest BCUT2D eigenvalue weighted by atomic mass is 16.5. The first-order valence-corrected chi connectivity index (χ1v) is 5.77. The third kappa shape index (κ3) is 2.17. The van der Waals surface area contributed by atoms with Crippen LogP contribution in [0.3, 0.4) is 0 Å². The van der Waals surface area contributed by atoms with Gasteiger partial charge in [-0.3, -0.25) is 0 Å². The van der Waals surface area contributed by atoms with Crippen LogP contribution in [0.4, 0.5) is 0 Å². The van der Waals surface area contributed by atoms with Gasteiger partial charge in [0.1, 0.15) is 12.0 Å². The molecule has 4 nitrogen and oxygen atoms in total. The largest absolute Gasteiger partial charge is 0.493 e. The molecule has 1 aromatic heterocycles. The summed E-state index contributed by atoms with van der Waals surface area (Å²) in [7, 11) is 0. The standard InChI is InChI=1S/C13H14N2O2/c1-2-4-13-11(3-1)12(5-6-16-13)14-7-10-8-15-17-9-10/h1-4,8-9,12,14H,5-7H2. The van der Waals surface area contributed by atoms with Gasteiger partial charge >= 0.3 is 0 Å². The van der Waals surface area contributed by atoms with E-state index in [0.29, 0.717) is 6.04 Å². The molecule has 1 unspecified atom stereocenters. The van der Waals surface area contributed by atoms with Gasteiger partial charge in [-0.1, -0.05) is 23.4 Å². The Morgan fingerprint density at radius 2 is 2.29 bits per heavy atom. The van der Waals surface area contributed by atoms with Crippen molar-refractivity contribution in [3.05, 3.63) is 47.9 Å². The van der Waals surface area contributed by atoms with Crippen LogP contribution in [-0.2, 0) is 6.54 Å². The van der Waals surface area contributed by atoms with E-state index in [4.69, 9.17) is 9.26 Å². The number of nitrogens with one attached hydrogen (secondary N) is 1. The Kier molecular flexibility index (Phi) is 2.80. The number of hydrogen-bond donors (Lipinski definition) is 1. The van der Waals surface area contributed by atoms with Crippen LogP contribution in [0.2, 0.25) is 0 Å². The lowest BCUT2D eigenvalue weighted by Gasteiger charge is -2.26. The Morgan fingerprint density at radius 1 is 1.35 bits per heavy atom. The second-order valence-electron chi connectivity index (χ2n) is 4.14. The Labute approximate surface area is 99.6 Å². The predicted molar refractivity (Wildman–Crippen MR) is 62.6 cm³/mol. The molecule has 1 N–H and O–H groups in total. The van der Waals surface area contributed by atoms with Crippen LogP contribution in [0, 0.1) is 0 Å². The Morgan fingerprint density at radius 3 is 3.18 bits per heavy atom. The van der Waals surface area contributed by atoms with Crippen molar-refractivity contribution in [1.82, 2.24) is 10.5 Å². The summed E-state index contributed by atoms with van der Waals surface area (Å²) in [5.41, 5.74) is 2.30. The van der Waals surface area contributed by atoms with Crippen molar-refractivity contribution in [2.24, 2.45) is 0 Å². The summed E-state index contributed by atoms with van der Waals surface area (Å²) in [6.07, 6.45) is 4.39. The monoisotopic (exact) mass is 230 g/mol. The molecule has 0 amide bonds. The maximum Gasteiger partial charge on any atom is 0.128 e. The number of fused-ring (bicyclic) bond motifs is 1. The average Bonchev–Trinajstić information content (AvgIpc) is 2.89. The number of aromatic nitrogens is 1. The van der Waals surface area contributed by atoms with Crippen molar-refractivity contribution in [2.45, 2.75) is 19.0 Å². The number of ether oxygens (including phenoxy) is 1. The van der Waals surface area contributed by atoms with Crippen molar-refractivity contribution in [3.63, 3.8) is 0 Å². The molecule has 88 valence electrons. The zero-order chi connectivity index (χ0) is 11.5. The van der Waals surface area contributed by atoms with Crippen LogP contribution < -0.4 is 10.1 Å². The van der Waals surface area contributed by atoms with E-state index in [-0.39, 0.29) is 0 Å². The van der Waals surface area contributed by atoms with Crippen molar-refractivity contribution >= 4 is 0 Å². The smallest absolute Gasteiger partial charge is 0.128 e. The summed E-state index contributed by atoms with van der Waals surface area (Å²) in [6, 6.07) is 8.51. The lowest BCUT2D eigenvalue weighted by molar-refractivity contribution is 0.252. The summed E-state index contributed by atoms with van der Waals surface area (Å²) < 4.78 is 10.4. The molecule has 1 atom stereocenters. The van der Waals surface area contributed by atoms with Gasteiger partial charge in [-0.25, -0.2) is 0 Å². The Hall–Kier alpha value is -1.81. The molecule has 0 fully saturated rings. The zero-order valence-corrected chi connectivity index (χ0v) is 9.43.